The Bertz CT molecular complexity index is 270. The maximum Gasteiger partial charge on any atom is 0.228 e. The number of anilines is 1. The molecule has 5 heteroatoms. The second-order valence-electron chi connectivity index (χ2n) is 2.02. The van der Waals surface area contributed by atoms with Crippen LogP contribution in [0, 0.1) is 0 Å². The molecule has 3 N–H and O–H groups in total. The Morgan fingerprint density at radius 3 is 2.92 bits per heavy atom. The molecule has 0 saturated carbocycles. The van der Waals surface area contributed by atoms with Gasteiger partial charge in [-0.15, -0.1) is 0 Å². The lowest BCUT2D eigenvalue weighted by Crippen LogP contribution is -2.07. The molecular formula is C7H8BrFN2O. The number of rotatable bonds is 3. The fourth-order valence-corrected chi connectivity index (χ4v) is 1.29. The van der Waals surface area contributed by atoms with Gasteiger partial charge in [0, 0.05) is 0 Å². The average Bonchev–Trinajstić information content (AvgIpc) is 2.09. The SMILES string of the molecule is NNc1cccc(OCF)c1Br. The molecule has 1 rings (SSSR count). The molecule has 0 aliphatic rings. The number of hydrogen-bond donors (Lipinski definition) is 2. The number of halogens is 2. The van der Waals surface area contributed by atoms with Gasteiger partial charge in [-0.25, -0.2) is 4.39 Å². The predicted molar refractivity (Wildman–Crippen MR) is 48.6 cm³/mol. The van der Waals surface area contributed by atoms with E-state index in [0.29, 0.717) is 15.9 Å². The van der Waals surface area contributed by atoms with Crippen LogP contribution in [0.5, 0.6) is 5.75 Å². The minimum absolute atomic E-state index is 0.424. The Morgan fingerprint density at radius 2 is 2.33 bits per heavy atom. The third-order valence-corrected chi connectivity index (χ3v) is 2.15. The number of nitrogens with one attached hydrogen (secondary N) is 1. The fourth-order valence-electron chi connectivity index (χ4n) is 0.793. The average molecular weight is 235 g/mol. The largest absolute Gasteiger partial charge is 0.462 e. The summed E-state index contributed by atoms with van der Waals surface area (Å²) in [5, 5.41) is 0. The van der Waals surface area contributed by atoms with E-state index in [1.54, 1.807) is 18.2 Å². The number of benzene rings is 1. The maximum absolute atomic E-state index is 11.8. The topological polar surface area (TPSA) is 47.3 Å². The molecule has 1 aromatic carbocycles. The Labute approximate surface area is 77.8 Å². The lowest BCUT2D eigenvalue weighted by atomic mass is 10.3. The van der Waals surface area contributed by atoms with Crippen LogP contribution in [0.2, 0.25) is 0 Å². The van der Waals surface area contributed by atoms with Gasteiger partial charge >= 0.3 is 0 Å². The zero-order valence-corrected chi connectivity index (χ0v) is 7.77. The first-order valence-corrected chi connectivity index (χ1v) is 4.02. The van der Waals surface area contributed by atoms with Gasteiger partial charge in [0.2, 0.25) is 6.86 Å². The van der Waals surface area contributed by atoms with Gasteiger partial charge in [-0.1, -0.05) is 6.07 Å². The molecule has 0 saturated heterocycles. The lowest BCUT2D eigenvalue weighted by molar-refractivity contribution is 0.191. The van der Waals surface area contributed by atoms with E-state index in [0.717, 1.165) is 0 Å². The summed E-state index contributed by atoms with van der Waals surface area (Å²) in [4.78, 5) is 0. The predicted octanol–water partition coefficient (Wildman–Crippen LogP) is 2.04. The van der Waals surface area contributed by atoms with Crippen LogP contribution in [-0.2, 0) is 0 Å². The van der Waals surface area contributed by atoms with E-state index in [9.17, 15) is 4.39 Å². The third-order valence-electron chi connectivity index (χ3n) is 1.33. The second-order valence-corrected chi connectivity index (χ2v) is 2.81. The molecule has 0 unspecified atom stereocenters. The van der Waals surface area contributed by atoms with Crippen LogP contribution in [0.4, 0.5) is 10.1 Å². The van der Waals surface area contributed by atoms with Crippen LogP contribution in [0.15, 0.2) is 22.7 Å². The first-order valence-electron chi connectivity index (χ1n) is 3.23. The molecule has 0 atom stereocenters. The molecular weight excluding hydrogens is 227 g/mol. The molecule has 0 aliphatic heterocycles. The van der Waals surface area contributed by atoms with Gasteiger partial charge in [-0.3, -0.25) is 5.84 Å². The van der Waals surface area contributed by atoms with Crippen LogP contribution < -0.4 is 16.0 Å². The van der Waals surface area contributed by atoms with Crippen LogP contribution in [0.1, 0.15) is 0 Å². The van der Waals surface area contributed by atoms with E-state index in [4.69, 9.17) is 5.84 Å². The van der Waals surface area contributed by atoms with Crippen molar-refractivity contribution in [1.82, 2.24) is 0 Å². The number of ether oxygens (including phenoxy) is 1. The highest BCUT2D eigenvalue weighted by Gasteiger charge is 2.04. The van der Waals surface area contributed by atoms with E-state index in [-0.39, 0.29) is 0 Å². The highest BCUT2D eigenvalue weighted by Crippen LogP contribution is 2.31. The normalized spacial score (nSPS) is 9.58. The van der Waals surface area contributed by atoms with Gasteiger partial charge in [-0.05, 0) is 28.1 Å². The zero-order valence-electron chi connectivity index (χ0n) is 6.18. The molecule has 0 aromatic heterocycles. The minimum Gasteiger partial charge on any atom is -0.462 e. The molecule has 1 aromatic rings. The zero-order chi connectivity index (χ0) is 8.97. The molecule has 0 amide bonds. The molecule has 66 valence electrons. The molecule has 0 bridgehead atoms. The standard InChI is InChI=1S/C7H8BrFN2O/c8-7-5(11-10)2-1-3-6(7)12-4-9/h1-3,11H,4,10H2. The van der Waals surface area contributed by atoms with Gasteiger partial charge < -0.3 is 10.2 Å². The number of nitrogen functional groups attached to an aromatic ring is 1. The first-order chi connectivity index (χ1) is 5.79. The Hall–Kier alpha value is -0.810. The molecule has 0 radical (unpaired) electrons. The van der Waals surface area contributed by atoms with Crippen molar-refractivity contribution in [1.29, 1.82) is 0 Å². The van der Waals surface area contributed by atoms with Crippen molar-refractivity contribution in [2.45, 2.75) is 0 Å². The second kappa shape index (κ2) is 4.27. The third kappa shape index (κ3) is 1.86. The van der Waals surface area contributed by atoms with Crippen molar-refractivity contribution < 1.29 is 9.13 Å². The van der Waals surface area contributed by atoms with Crippen LogP contribution in [0.3, 0.4) is 0 Å². The summed E-state index contributed by atoms with van der Waals surface area (Å²) >= 11 is 3.21. The summed E-state index contributed by atoms with van der Waals surface area (Å²) in [6.45, 7) is -0.855. The Morgan fingerprint density at radius 1 is 1.58 bits per heavy atom. The fraction of sp³-hybridized carbons (Fsp3) is 0.143. The van der Waals surface area contributed by atoms with E-state index >= 15 is 0 Å². The quantitative estimate of drug-likeness (QED) is 0.622. The van der Waals surface area contributed by atoms with Gasteiger partial charge in [0.25, 0.3) is 0 Å². The molecule has 0 aliphatic carbocycles. The molecule has 0 spiro atoms. The summed E-state index contributed by atoms with van der Waals surface area (Å²) < 4.78 is 17.1. The smallest absolute Gasteiger partial charge is 0.228 e. The number of alkyl halides is 1. The van der Waals surface area contributed by atoms with Crippen molar-refractivity contribution in [3.63, 3.8) is 0 Å². The van der Waals surface area contributed by atoms with E-state index in [1.807, 2.05) is 0 Å². The highest BCUT2D eigenvalue weighted by atomic mass is 79.9. The number of nitrogens with two attached hydrogens (primary N) is 1. The Balaban J connectivity index is 2.97. The lowest BCUT2D eigenvalue weighted by Gasteiger charge is -2.07. The van der Waals surface area contributed by atoms with Crippen molar-refractivity contribution >= 4 is 21.6 Å². The van der Waals surface area contributed by atoms with Crippen molar-refractivity contribution in [3.8, 4) is 5.75 Å². The van der Waals surface area contributed by atoms with Gasteiger partial charge in [0.1, 0.15) is 5.75 Å². The van der Waals surface area contributed by atoms with E-state index < -0.39 is 6.86 Å². The summed E-state index contributed by atoms with van der Waals surface area (Å²) in [7, 11) is 0. The monoisotopic (exact) mass is 234 g/mol. The van der Waals surface area contributed by atoms with E-state index in [1.165, 1.54) is 0 Å². The van der Waals surface area contributed by atoms with Crippen LogP contribution in [0.25, 0.3) is 0 Å². The summed E-state index contributed by atoms with van der Waals surface area (Å²) in [5.41, 5.74) is 3.10. The van der Waals surface area contributed by atoms with Crippen LogP contribution >= 0.6 is 15.9 Å². The highest BCUT2D eigenvalue weighted by molar-refractivity contribution is 9.10. The summed E-state index contributed by atoms with van der Waals surface area (Å²) in [6.07, 6.45) is 0. The number of hydrogen-bond acceptors (Lipinski definition) is 3. The van der Waals surface area contributed by atoms with Crippen molar-refractivity contribution in [2.24, 2.45) is 5.84 Å². The first kappa shape index (κ1) is 9.28. The summed E-state index contributed by atoms with van der Waals surface area (Å²) in [6, 6.07) is 5.10. The van der Waals surface area contributed by atoms with Gasteiger partial charge in [0.15, 0.2) is 0 Å². The van der Waals surface area contributed by atoms with Crippen molar-refractivity contribution in [3.05, 3.63) is 22.7 Å². The molecule has 0 heterocycles. The molecule has 12 heavy (non-hydrogen) atoms. The number of hydrazine groups is 1. The molecule has 3 nitrogen and oxygen atoms in total. The van der Waals surface area contributed by atoms with E-state index in [2.05, 4.69) is 26.1 Å². The van der Waals surface area contributed by atoms with Gasteiger partial charge in [-0.2, -0.15) is 0 Å². The van der Waals surface area contributed by atoms with Crippen LogP contribution in [-0.4, -0.2) is 6.86 Å². The van der Waals surface area contributed by atoms with Gasteiger partial charge in [0.05, 0.1) is 10.2 Å². The van der Waals surface area contributed by atoms with Crippen molar-refractivity contribution in [2.75, 3.05) is 12.3 Å². The maximum atomic E-state index is 11.8. The Kier molecular flexibility index (Phi) is 3.31. The molecule has 0 fully saturated rings. The summed E-state index contributed by atoms with van der Waals surface area (Å²) in [5.74, 6) is 5.61. The minimum atomic E-state index is -0.855.